The summed E-state index contributed by atoms with van der Waals surface area (Å²) in [5.74, 6) is 0.850. The molecule has 2 rings (SSSR count). The summed E-state index contributed by atoms with van der Waals surface area (Å²) in [6.07, 6.45) is 4.36. The average Bonchev–Trinajstić information content (AvgIpc) is 2.61. The van der Waals surface area contributed by atoms with Crippen LogP contribution in [0.1, 0.15) is 17.0 Å². The van der Waals surface area contributed by atoms with Crippen molar-refractivity contribution in [3.05, 3.63) is 41.5 Å². The minimum Gasteiger partial charge on any atom is -0.429 e. The molecule has 4 nitrogen and oxygen atoms in total. The normalized spacial score (nSPS) is 10.3. The van der Waals surface area contributed by atoms with E-state index in [1.165, 1.54) is 0 Å². The van der Waals surface area contributed by atoms with E-state index < -0.39 is 0 Å². The zero-order chi connectivity index (χ0) is 10.7. The third-order valence-electron chi connectivity index (χ3n) is 2.20. The van der Waals surface area contributed by atoms with Gasteiger partial charge in [0.25, 0.3) is 6.01 Å². The van der Waals surface area contributed by atoms with Crippen LogP contribution in [0.15, 0.2) is 28.9 Å². The van der Waals surface area contributed by atoms with E-state index in [2.05, 4.69) is 15.3 Å². The third kappa shape index (κ3) is 2.15. The van der Waals surface area contributed by atoms with Crippen LogP contribution in [0.5, 0.6) is 0 Å². The lowest BCUT2D eigenvalue weighted by atomic mass is 10.1. The van der Waals surface area contributed by atoms with Gasteiger partial charge in [0, 0.05) is 25.9 Å². The first kappa shape index (κ1) is 9.71. The lowest BCUT2D eigenvalue weighted by Gasteiger charge is -1.96. The highest BCUT2D eigenvalue weighted by molar-refractivity contribution is 5.27. The van der Waals surface area contributed by atoms with Crippen LogP contribution < -0.4 is 5.32 Å². The Kier molecular flexibility index (Phi) is 2.67. The maximum Gasteiger partial charge on any atom is 0.294 e. The summed E-state index contributed by atoms with van der Waals surface area (Å²) >= 11 is 0. The van der Waals surface area contributed by atoms with E-state index in [4.69, 9.17) is 4.42 Å². The second-order valence-corrected chi connectivity index (χ2v) is 3.31. The molecule has 4 heteroatoms. The van der Waals surface area contributed by atoms with Crippen molar-refractivity contribution in [1.29, 1.82) is 0 Å². The topological polar surface area (TPSA) is 51.0 Å². The number of anilines is 1. The minimum atomic E-state index is 0.561. The molecule has 1 N–H and O–H groups in total. The monoisotopic (exact) mass is 203 g/mol. The van der Waals surface area contributed by atoms with Crippen molar-refractivity contribution in [2.75, 3.05) is 12.4 Å². The highest BCUT2D eigenvalue weighted by Crippen LogP contribution is 2.16. The number of nitrogens with one attached hydrogen (secondary N) is 1. The number of hydrogen-bond donors (Lipinski definition) is 1. The minimum absolute atomic E-state index is 0.561. The zero-order valence-corrected chi connectivity index (χ0v) is 8.82. The maximum absolute atomic E-state index is 5.39. The van der Waals surface area contributed by atoms with Gasteiger partial charge in [0.1, 0.15) is 5.76 Å². The second kappa shape index (κ2) is 4.13. The predicted octanol–water partition coefficient (Wildman–Crippen LogP) is 2.01. The van der Waals surface area contributed by atoms with Gasteiger partial charge in [-0.15, -0.1) is 0 Å². The summed E-state index contributed by atoms with van der Waals surface area (Å²) in [6, 6.07) is 4.51. The van der Waals surface area contributed by atoms with E-state index >= 15 is 0 Å². The number of oxazole rings is 1. The first-order valence-electron chi connectivity index (χ1n) is 4.82. The highest BCUT2D eigenvalue weighted by atomic mass is 16.4. The Balaban J connectivity index is 2.21. The number of aromatic nitrogens is 2. The van der Waals surface area contributed by atoms with Crippen molar-refractivity contribution >= 4 is 6.01 Å². The number of hydrogen-bond acceptors (Lipinski definition) is 4. The molecule has 0 atom stereocenters. The van der Waals surface area contributed by atoms with Gasteiger partial charge < -0.3 is 9.73 Å². The second-order valence-electron chi connectivity index (χ2n) is 3.31. The molecule has 78 valence electrons. The van der Waals surface area contributed by atoms with Gasteiger partial charge in [0.2, 0.25) is 0 Å². The molecule has 0 bridgehead atoms. The van der Waals surface area contributed by atoms with Crippen LogP contribution in [0.3, 0.4) is 0 Å². The van der Waals surface area contributed by atoms with Gasteiger partial charge in [-0.2, -0.15) is 4.98 Å². The molecule has 0 aliphatic heterocycles. The van der Waals surface area contributed by atoms with Gasteiger partial charge in [0.05, 0.1) is 5.69 Å². The summed E-state index contributed by atoms with van der Waals surface area (Å²) < 4.78 is 5.39. The van der Waals surface area contributed by atoms with E-state index in [0.29, 0.717) is 6.01 Å². The van der Waals surface area contributed by atoms with Crippen LogP contribution in [-0.2, 0) is 6.42 Å². The van der Waals surface area contributed by atoms with Gasteiger partial charge in [-0.1, -0.05) is 6.07 Å². The maximum atomic E-state index is 5.39. The average molecular weight is 203 g/mol. The van der Waals surface area contributed by atoms with Crippen LogP contribution in [0, 0.1) is 6.92 Å². The van der Waals surface area contributed by atoms with Gasteiger partial charge in [-0.05, 0) is 18.6 Å². The Morgan fingerprint density at radius 2 is 2.33 bits per heavy atom. The highest BCUT2D eigenvalue weighted by Gasteiger charge is 2.08. The van der Waals surface area contributed by atoms with E-state index in [0.717, 1.165) is 23.4 Å². The fraction of sp³-hybridized carbons (Fsp3) is 0.273. The summed E-state index contributed by atoms with van der Waals surface area (Å²) in [7, 11) is 1.79. The zero-order valence-electron chi connectivity index (χ0n) is 8.82. The van der Waals surface area contributed by atoms with Crippen LogP contribution in [0.25, 0.3) is 0 Å². The first-order chi connectivity index (χ1) is 7.29. The number of aryl methyl sites for hydroxylation is 1. The molecule has 2 heterocycles. The summed E-state index contributed by atoms with van der Waals surface area (Å²) in [5.41, 5.74) is 2.09. The summed E-state index contributed by atoms with van der Waals surface area (Å²) in [6.45, 7) is 1.92. The SMILES string of the molecule is CNc1nc(Cc2cccnc2)c(C)o1. The molecular weight excluding hydrogens is 190 g/mol. The summed E-state index contributed by atoms with van der Waals surface area (Å²) in [5, 5.41) is 2.88. The predicted molar refractivity (Wildman–Crippen MR) is 57.8 cm³/mol. The Morgan fingerprint density at radius 3 is 2.93 bits per heavy atom. The van der Waals surface area contributed by atoms with Gasteiger partial charge in [-0.25, -0.2) is 0 Å². The van der Waals surface area contributed by atoms with Crippen molar-refractivity contribution in [3.63, 3.8) is 0 Å². The van der Waals surface area contributed by atoms with Crippen molar-refractivity contribution in [2.45, 2.75) is 13.3 Å². The van der Waals surface area contributed by atoms with Crippen molar-refractivity contribution < 1.29 is 4.42 Å². The van der Waals surface area contributed by atoms with E-state index in [9.17, 15) is 0 Å². The van der Waals surface area contributed by atoms with E-state index in [1.807, 2.05) is 25.3 Å². The number of pyridine rings is 1. The Hall–Kier alpha value is -1.84. The van der Waals surface area contributed by atoms with Crippen molar-refractivity contribution in [1.82, 2.24) is 9.97 Å². The first-order valence-corrected chi connectivity index (χ1v) is 4.82. The van der Waals surface area contributed by atoms with Crippen LogP contribution in [0.2, 0.25) is 0 Å². The fourth-order valence-corrected chi connectivity index (χ4v) is 1.40. The number of nitrogens with zero attached hydrogens (tertiary/aromatic N) is 2. The van der Waals surface area contributed by atoms with Crippen molar-refractivity contribution in [2.24, 2.45) is 0 Å². The van der Waals surface area contributed by atoms with Gasteiger partial charge >= 0.3 is 0 Å². The smallest absolute Gasteiger partial charge is 0.294 e. The molecule has 0 aliphatic carbocycles. The fourth-order valence-electron chi connectivity index (χ4n) is 1.40. The quantitative estimate of drug-likeness (QED) is 0.829. The van der Waals surface area contributed by atoms with Gasteiger partial charge in [-0.3, -0.25) is 4.98 Å². The number of rotatable bonds is 3. The van der Waals surface area contributed by atoms with Crippen LogP contribution >= 0.6 is 0 Å². The molecule has 0 aliphatic rings. The Labute approximate surface area is 88.4 Å². The molecule has 2 aromatic heterocycles. The van der Waals surface area contributed by atoms with Gasteiger partial charge in [0.15, 0.2) is 0 Å². The lowest BCUT2D eigenvalue weighted by molar-refractivity contribution is 0.541. The largest absolute Gasteiger partial charge is 0.429 e. The molecule has 0 aromatic carbocycles. The molecule has 0 radical (unpaired) electrons. The van der Waals surface area contributed by atoms with Crippen molar-refractivity contribution in [3.8, 4) is 0 Å². The van der Waals surface area contributed by atoms with E-state index in [-0.39, 0.29) is 0 Å². The molecule has 0 saturated heterocycles. The molecular formula is C11H13N3O. The molecule has 2 aromatic rings. The lowest BCUT2D eigenvalue weighted by Crippen LogP contribution is -1.92. The molecule has 0 amide bonds. The third-order valence-corrected chi connectivity index (χ3v) is 2.20. The Bertz CT molecular complexity index is 436. The summed E-state index contributed by atoms with van der Waals surface area (Å²) in [4.78, 5) is 8.38. The molecule has 0 fully saturated rings. The van der Waals surface area contributed by atoms with Crippen LogP contribution in [0.4, 0.5) is 6.01 Å². The van der Waals surface area contributed by atoms with Crippen LogP contribution in [-0.4, -0.2) is 17.0 Å². The standard InChI is InChI=1S/C11H13N3O/c1-8-10(14-11(12-2)15-8)6-9-4-3-5-13-7-9/h3-5,7H,6H2,1-2H3,(H,12,14). The molecule has 15 heavy (non-hydrogen) atoms. The molecule has 0 saturated carbocycles. The molecule has 0 spiro atoms. The Morgan fingerprint density at radius 1 is 1.47 bits per heavy atom. The molecule has 0 unspecified atom stereocenters. The van der Waals surface area contributed by atoms with E-state index in [1.54, 1.807) is 13.2 Å².